The van der Waals surface area contributed by atoms with Crippen LogP contribution in [0.25, 0.3) is 0 Å². The molecule has 2 aromatic rings. The number of aromatic nitrogens is 1. The highest BCUT2D eigenvalue weighted by atomic mass is 79.9. The molecule has 1 aromatic heterocycles. The lowest BCUT2D eigenvalue weighted by atomic mass is 10.2. The van der Waals surface area contributed by atoms with Crippen molar-refractivity contribution < 1.29 is 9.32 Å². The molecule has 0 unspecified atom stereocenters. The average Bonchev–Trinajstić information content (AvgIpc) is 2.74. The maximum absolute atomic E-state index is 12.2. The lowest BCUT2D eigenvalue weighted by molar-refractivity contribution is 0.220. The van der Waals surface area contributed by atoms with E-state index in [4.69, 9.17) is 4.52 Å². The van der Waals surface area contributed by atoms with E-state index in [9.17, 15) is 4.79 Å². The highest BCUT2D eigenvalue weighted by Crippen LogP contribution is 2.21. The van der Waals surface area contributed by atoms with Crippen LogP contribution in [-0.4, -0.2) is 23.1 Å². The smallest absolute Gasteiger partial charge is 0.321 e. The van der Waals surface area contributed by atoms with Crippen molar-refractivity contribution in [3.05, 3.63) is 45.3 Å². The van der Waals surface area contributed by atoms with Crippen molar-refractivity contribution in [2.24, 2.45) is 0 Å². The van der Waals surface area contributed by atoms with E-state index < -0.39 is 0 Å². The molecule has 0 saturated heterocycles. The number of anilines is 1. The number of nitrogens with zero attached hydrogens (tertiary/aromatic N) is 2. The molecule has 0 saturated carbocycles. The average molecular weight is 352 g/mol. The summed E-state index contributed by atoms with van der Waals surface area (Å²) in [5.74, 6) is 0.741. The monoisotopic (exact) mass is 351 g/mol. The first-order chi connectivity index (χ1) is 9.88. The molecule has 0 atom stereocenters. The van der Waals surface area contributed by atoms with Gasteiger partial charge in [0.15, 0.2) is 0 Å². The Labute approximate surface area is 132 Å². The highest BCUT2D eigenvalue weighted by Gasteiger charge is 2.15. The summed E-state index contributed by atoms with van der Waals surface area (Å²) in [5.41, 5.74) is 3.63. The second-order valence-corrected chi connectivity index (χ2v) is 5.91. The Morgan fingerprint density at radius 2 is 2.10 bits per heavy atom. The van der Waals surface area contributed by atoms with Gasteiger partial charge in [-0.25, -0.2) is 4.79 Å². The van der Waals surface area contributed by atoms with E-state index in [1.807, 2.05) is 39.0 Å². The number of nitrogens with one attached hydrogen (secondary N) is 1. The summed E-state index contributed by atoms with van der Waals surface area (Å²) in [6.45, 7) is 6.17. The van der Waals surface area contributed by atoms with E-state index in [1.54, 1.807) is 11.9 Å². The van der Waals surface area contributed by atoms with Crippen LogP contribution in [-0.2, 0) is 6.54 Å². The van der Waals surface area contributed by atoms with Gasteiger partial charge in [-0.15, -0.1) is 0 Å². The maximum Gasteiger partial charge on any atom is 0.321 e. The number of amides is 2. The van der Waals surface area contributed by atoms with Gasteiger partial charge < -0.3 is 14.7 Å². The summed E-state index contributed by atoms with van der Waals surface area (Å²) in [7, 11) is 1.74. The molecule has 0 aliphatic rings. The normalized spacial score (nSPS) is 10.5. The summed E-state index contributed by atoms with van der Waals surface area (Å²) in [6.07, 6.45) is 0. The molecule has 0 radical (unpaired) electrons. The highest BCUT2D eigenvalue weighted by molar-refractivity contribution is 9.10. The van der Waals surface area contributed by atoms with E-state index in [1.165, 1.54) is 0 Å². The number of carbonyl (C=O) groups is 1. The number of carbonyl (C=O) groups excluding carboxylic acids is 1. The first kappa shape index (κ1) is 15.6. The van der Waals surface area contributed by atoms with E-state index >= 15 is 0 Å². The van der Waals surface area contributed by atoms with Gasteiger partial charge in [0.1, 0.15) is 5.76 Å². The van der Waals surface area contributed by atoms with Crippen molar-refractivity contribution in [3.63, 3.8) is 0 Å². The zero-order valence-electron chi connectivity index (χ0n) is 12.5. The van der Waals surface area contributed by atoms with Gasteiger partial charge in [-0.05, 0) is 38.5 Å². The fraction of sp³-hybridized carbons (Fsp3) is 0.333. The number of hydrogen-bond donors (Lipinski definition) is 1. The topological polar surface area (TPSA) is 58.4 Å². The molecule has 0 fully saturated rings. The van der Waals surface area contributed by atoms with Crippen molar-refractivity contribution in [2.45, 2.75) is 27.3 Å². The Bertz CT molecular complexity index is 647. The van der Waals surface area contributed by atoms with Gasteiger partial charge in [-0.2, -0.15) is 0 Å². The van der Waals surface area contributed by atoms with Gasteiger partial charge in [0, 0.05) is 22.8 Å². The Morgan fingerprint density at radius 3 is 2.67 bits per heavy atom. The fourth-order valence-electron chi connectivity index (χ4n) is 1.93. The zero-order chi connectivity index (χ0) is 15.6. The molecule has 1 N–H and O–H groups in total. The number of rotatable bonds is 3. The molecule has 0 aliphatic carbocycles. The molecule has 21 heavy (non-hydrogen) atoms. The predicted molar refractivity (Wildman–Crippen MR) is 85.3 cm³/mol. The molecule has 2 rings (SSSR count). The lowest BCUT2D eigenvalue weighted by Gasteiger charge is -2.18. The number of urea groups is 1. The SMILES string of the molecule is Cc1ccc(NC(=O)N(C)Cc2c(C)noc2C)cc1Br. The van der Waals surface area contributed by atoms with Gasteiger partial charge in [-0.3, -0.25) is 0 Å². The van der Waals surface area contributed by atoms with Crippen LogP contribution in [0.4, 0.5) is 10.5 Å². The predicted octanol–water partition coefficient (Wildman–Crippen LogP) is 4.03. The number of aryl methyl sites for hydroxylation is 3. The molecule has 0 spiro atoms. The van der Waals surface area contributed by atoms with Crippen LogP contribution >= 0.6 is 15.9 Å². The van der Waals surface area contributed by atoms with E-state index in [0.29, 0.717) is 6.54 Å². The second-order valence-electron chi connectivity index (χ2n) is 5.05. The summed E-state index contributed by atoms with van der Waals surface area (Å²) in [6, 6.07) is 5.54. The maximum atomic E-state index is 12.2. The first-order valence-electron chi connectivity index (χ1n) is 6.58. The summed E-state index contributed by atoms with van der Waals surface area (Å²) < 4.78 is 6.07. The fourth-order valence-corrected chi connectivity index (χ4v) is 2.30. The molecule has 2 amide bonds. The van der Waals surface area contributed by atoms with Gasteiger partial charge in [0.25, 0.3) is 0 Å². The molecule has 5 nitrogen and oxygen atoms in total. The minimum atomic E-state index is -0.175. The molecule has 1 heterocycles. The Balaban J connectivity index is 2.04. The first-order valence-corrected chi connectivity index (χ1v) is 7.38. The zero-order valence-corrected chi connectivity index (χ0v) is 14.1. The summed E-state index contributed by atoms with van der Waals surface area (Å²) >= 11 is 3.46. The second kappa shape index (κ2) is 6.30. The van der Waals surface area contributed by atoms with E-state index in [2.05, 4.69) is 26.4 Å². The number of halogens is 1. The van der Waals surface area contributed by atoms with Crippen molar-refractivity contribution in [1.29, 1.82) is 0 Å². The van der Waals surface area contributed by atoms with Crippen molar-refractivity contribution in [3.8, 4) is 0 Å². The molecule has 6 heteroatoms. The third kappa shape index (κ3) is 3.64. The minimum absolute atomic E-state index is 0.175. The third-order valence-electron chi connectivity index (χ3n) is 3.35. The largest absolute Gasteiger partial charge is 0.361 e. The Morgan fingerprint density at radius 1 is 1.38 bits per heavy atom. The summed E-state index contributed by atoms with van der Waals surface area (Å²) in [5, 5.41) is 6.76. The van der Waals surface area contributed by atoms with E-state index in [0.717, 1.165) is 32.7 Å². The quantitative estimate of drug-likeness (QED) is 0.908. The molecule has 112 valence electrons. The lowest BCUT2D eigenvalue weighted by Crippen LogP contribution is -2.31. The third-order valence-corrected chi connectivity index (χ3v) is 4.20. The van der Waals surface area contributed by atoms with Crippen LogP contribution in [0.5, 0.6) is 0 Å². The molecular weight excluding hydrogens is 334 g/mol. The van der Waals surface area contributed by atoms with Crippen molar-refractivity contribution in [2.75, 3.05) is 12.4 Å². The van der Waals surface area contributed by atoms with Gasteiger partial charge in [0.05, 0.1) is 12.2 Å². The molecule has 0 aliphatic heterocycles. The van der Waals surface area contributed by atoms with Crippen molar-refractivity contribution >= 4 is 27.6 Å². The van der Waals surface area contributed by atoms with Crippen LogP contribution < -0.4 is 5.32 Å². The van der Waals surface area contributed by atoms with Crippen LogP contribution in [0, 0.1) is 20.8 Å². The van der Waals surface area contributed by atoms with Crippen LogP contribution in [0.1, 0.15) is 22.6 Å². The van der Waals surface area contributed by atoms with Crippen molar-refractivity contribution in [1.82, 2.24) is 10.1 Å². The van der Waals surface area contributed by atoms with Gasteiger partial charge in [-0.1, -0.05) is 27.2 Å². The Hall–Kier alpha value is -1.82. The van der Waals surface area contributed by atoms with Gasteiger partial charge in [0.2, 0.25) is 0 Å². The van der Waals surface area contributed by atoms with Crippen LogP contribution in [0.3, 0.4) is 0 Å². The molecular formula is C15H18BrN3O2. The molecule has 0 bridgehead atoms. The molecule has 1 aromatic carbocycles. The summed E-state index contributed by atoms with van der Waals surface area (Å²) in [4.78, 5) is 13.8. The van der Waals surface area contributed by atoms with E-state index in [-0.39, 0.29) is 6.03 Å². The van der Waals surface area contributed by atoms with Gasteiger partial charge >= 0.3 is 6.03 Å². The van der Waals surface area contributed by atoms with Crippen LogP contribution in [0.2, 0.25) is 0 Å². The number of benzene rings is 1. The minimum Gasteiger partial charge on any atom is -0.361 e. The Kier molecular flexibility index (Phi) is 4.67. The standard InChI is InChI=1S/C15H18BrN3O2/c1-9-5-6-12(7-14(9)16)17-15(20)19(4)8-13-10(2)18-21-11(13)3/h5-7H,8H2,1-4H3,(H,17,20). The van der Waals surface area contributed by atoms with Crippen LogP contribution in [0.15, 0.2) is 27.2 Å². The number of hydrogen-bond acceptors (Lipinski definition) is 3.